The second kappa shape index (κ2) is 9.40. The molecule has 1 N–H and O–H groups in total. The van der Waals surface area contributed by atoms with Gasteiger partial charge in [-0.2, -0.15) is 0 Å². The molecule has 11 nitrogen and oxygen atoms in total. The van der Waals surface area contributed by atoms with Gasteiger partial charge < -0.3 is 19.1 Å². The Morgan fingerprint density at radius 2 is 1.78 bits per heavy atom. The third kappa shape index (κ3) is 4.51. The summed E-state index contributed by atoms with van der Waals surface area (Å²) < 4.78 is 15.3. The van der Waals surface area contributed by atoms with Crippen molar-refractivity contribution in [1.29, 1.82) is 0 Å². The van der Waals surface area contributed by atoms with Crippen LogP contribution in [-0.4, -0.2) is 53.1 Å². The molecule has 0 spiro atoms. The number of anilines is 1. The van der Waals surface area contributed by atoms with Gasteiger partial charge in [0.25, 0.3) is 5.91 Å². The molecule has 1 aliphatic heterocycles. The minimum absolute atomic E-state index is 0.113. The summed E-state index contributed by atoms with van der Waals surface area (Å²) in [5.41, 5.74) is 2.13. The highest BCUT2D eigenvalue weighted by atomic mass is 16.6. The number of amides is 2. The summed E-state index contributed by atoms with van der Waals surface area (Å²) in [5, 5.41) is 10.1. The lowest BCUT2D eigenvalue weighted by molar-refractivity contribution is 0.0795. The first-order chi connectivity index (χ1) is 17.3. The van der Waals surface area contributed by atoms with Crippen LogP contribution in [0.2, 0.25) is 0 Å². The van der Waals surface area contributed by atoms with E-state index < -0.39 is 24.0 Å². The van der Waals surface area contributed by atoms with Gasteiger partial charge in [-0.15, -0.1) is 0 Å². The van der Waals surface area contributed by atoms with Gasteiger partial charge in [0.2, 0.25) is 0 Å². The van der Waals surface area contributed by atoms with Crippen LogP contribution >= 0.6 is 0 Å². The molecule has 0 radical (unpaired) electrons. The van der Waals surface area contributed by atoms with Crippen molar-refractivity contribution in [3.05, 3.63) is 64.4 Å². The summed E-state index contributed by atoms with van der Waals surface area (Å²) in [4.78, 5) is 52.3. The maximum Gasteiger partial charge on any atom is 0.414 e. The molecule has 1 aromatic carbocycles. The Bertz CT molecular complexity index is 1360. The van der Waals surface area contributed by atoms with E-state index in [-0.39, 0.29) is 36.0 Å². The van der Waals surface area contributed by atoms with Gasteiger partial charge in [-0.25, -0.2) is 4.79 Å². The number of benzene rings is 1. The summed E-state index contributed by atoms with van der Waals surface area (Å²) in [6.45, 7) is 3.72. The first-order valence-corrected chi connectivity index (χ1v) is 11.6. The number of fused-ring (bicyclic) bond motifs is 1. The number of carbonyl (C=O) groups is 4. The van der Waals surface area contributed by atoms with Gasteiger partial charge in [0, 0.05) is 23.4 Å². The van der Waals surface area contributed by atoms with Crippen LogP contribution in [0.5, 0.6) is 0 Å². The maximum atomic E-state index is 13.2. The molecule has 3 aromatic rings. The van der Waals surface area contributed by atoms with Crippen LogP contribution in [0.3, 0.4) is 0 Å². The number of nitrogens with zero attached hydrogens (tertiary/aromatic N) is 3. The smallest absolute Gasteiger partial charge is 0.414 e. The molecule has 2 aliphatic rings. The van der Waals surface area contributed by atoms with E-state index in [9.17, 15) is 19.2 Å². The molecule has 1 aliphatic carbocycles. The normalized spacial score (nSPS) is 19.6. The fourth-order valence-corrected chi connectivity index (χ4v) is 4.53. The third-order valence-corrected chi connectivity index (χ3v) is 6.34. The zero-order valence-electron chi connectivity index (χ0n) is 19.8. The molecular weight excluding hydrogens is 468 g/mol. The van der Waals surface area contributed by atoms with E-state index in [0.717, 1.165) is 5.56 Å². The molecule has 0 bridgehead atoms. The van der Waals surface area contributed by atoms with Crippen LogP contribution in [0.1, 0.15) is 61.3 Å². The van der Waals surface area contributed by atoms with Gasteiger partial charge >= 0.3 is 6.09 Å². The van der Waals surface area contributed by atoms with Crippen molar-refractivity contribution >= 4 is 29.3 Å². The summed E-state index contributed by atoms with van der Waals surface area (Å²) in [7, 11) is 0. The number of nitrogens with one attached hydrogen (secondary N) is 1. The summed E-state index contributed by atoms with van der Waals surface area (Å²) >= 11 is 0. The van der Waals surface area contributed by atoms with Crippen molar-refractivity contribution in [3.63, 3.8) is 0 Å². The van der Waals surface area contributed by atoms with Crippen molar-refractivity contribution in [1.82, 2.24) is 15.6 Å². The number of carbonyl (C=O) groups excluding carboxylic acids is 4. The molecule has 5 rings (SSSR count). The first-order valence-electron chi connectivity index (χ1n) is 11.6. The number of ketones is 2. The van der Waals surface area contributed by atoms with E-state index in [2.05, 4.69) is 15.6 Å². The summed E-state index contributed by atoms with van der Waals surface area (Å²) in [6, 6.07) is 8.17. The number of aryl methyl sites for hydroxylation is 3. The zero-order valence-corrected chi connectivity index (χ0v) is 19.8. The van der Waals surface area contributed by atoms with Gasteiger partial charge in [0.1, 0.15) is 17.6 Å². The fraction of sp³-hybridized carbons (Fsp3) is 0.360. The number of hydrogen-bond donors (Lipinski definition) is 1. The number of cyclic esters (lactones) is 1. The molecule has 11 heteroatoms. The second-order valence-electron chi connectivity index (χ2n) is 8.99. The average Bonchev–Trinajstić information content (AvgIpc) is 3.56. The van der Waals surface area contributed by atoms with E-state index in [1.54, 1.807) is 32.0 Å². The van der Waals surface area contributed by atoms with E-state index >= 15 is 0 Å². The second-order valence-corrected chi connectivity index (χ2v) is 8.99. The quantitative estimate of drug-likeness (QED) is 0.312. The molecule has 2 amide bonds. The van der Waals surface area contributed by atoms with E-state index in [4.69, 9.17) is 13.8 Å². The lowest BCUT2D eigenvalue weighted by Crippen LogP contribution is -2.34. The van der Waals surface area contributed by atoms with Crippen molar-refractivity contribution in [2.45, 2.75) is 39.2 Å². The van der Waals surface area contributed by atoms with Crippen molar-refractivity contribution in [2.75, 3.05) is 18.0 Å². The van der Waals surface area contributed by atoms with Gasteiger partial charge in [0.15, 0.2) is 23.0 Å². The highest BCUT2D eigenvalue weighted by Gasteiger charge is 2.36. The topological polar surface area (TPSA) is 145 Å². The SMILES string of the molecule is Cc1cc(C(=O)NCC2CN(c3ccc4c(c3)CCCC(C(=O)c3cc(C)on3)C4=O)C(=O)O2)no1. The Morgan fingerprint density at radius 1 is 1.06 bits per heavy atom. The zero-order chi connectivity index (χ0) is 25.4. The molecule has 3 heterocycles. The Morgan fingerprint density at radius 3 is 2.47 bits per heavy atom. The Balaban J connectivity index is 1.27. The van der Waals surface area contributed by atoms with Gasteiger partial charge in [-0.1, -0.05) is 10.3 Å². The van der Waals surface area contributed by atoms with E-state index in [0.29, 0.717) is 42.0 Å². The number of hydrogen-bond acceptors (Lipinski definition) is 9. The largest absolute Gasteiger partial charge is 0.442 e. The standard InChI is InChI=1S/C25H24N4O7/c1-13-8-20(27-35-13)23(31)19-5-3-4-15-10-16(6-7-18(15)22(19)30)29-12-17(34-25(29)33)11-26-24(32)21-9-14(2)36-28-21/h6-10,17,19H,3-5,11-12H2,1-2H3,(H,26,32). The third-order valence-electron chi connectivity index (χ3n) is 6.34. The Labute approximate surface area is 205 Å². The molecule has 1 saturated heterocycles. The highest BCUT2D eigenvalue weighted by molar-refractivity contribution is 6.16. The van der Waals surface area contributed by atoms with Gasteiger partial charge in [-0.3, -0.25) is 19.3 Å². The minimum atomic E-state index is -0.820. The number of aromatic nitrogens is 2. The van der Waals surface area contributed by atoms with Crippen LogP contribution in [0.15, 0.2) is 39.4 Å². The monoisotopic (exact) mass is 492 g/mol. The van der Waals surface area contributed by atoms with Crippen LogP contribution in [0.4, 0.5) is 10.5 Å². The Kier molecular flexibility index (Phi) is 6.13. The predicted octanol–water partition coefficient (Wildman–Crippen LogP) is 3.05. The minimum Gasteiger partial charge on any atom is -0.442 e. The number of rotatable bonds is 6. The molecule has 2 atom stereocenters. The van der Waals surface area contributed by atoms with Crippen LogP contribution in [0.25, 0.3) is 0 Å². The molecule has 36 heavy (non-hydrogen) atoms. The van der Waals surface area contributed by atoms with E-state index in [1.807, 2.05) is 0 Å². The molecule has 2 unspecified atom stereocenters. The molecule has 0 saturated carbocycles. The number of ether oxygens (including phenoxy) is 1. The number of Topliss-reactive ketones (excluding diaryl/α,β-unsaturated/α-hetero) is 2. The van der Waals surface area contributed by atoms with Crippen molar-refractivity contribution in [3.8, 4) is 0 Å². The van der Waals surface area contributed by atoms with Gasteiger partial charge in [-0.05, 0) is 56.9 Å². The lowest BCUT2D eigenvalue weighted by atomic mass is 9.90. The predicted molar refractivity (Wildman–Crippen MR) is 124 cm³/mol. The Hall–Kier alpha value is -4.28. The van der Waals surface area contributed by atoms with Gasteiger partial charge in [0.05, 0.1) is 19.0 Å². The van der Waals surface area contributed by atoms with Crippen LogP contribution in [-0.2, 0) is 11.2 Å². The van der Waals surface area contributed by atoms with Crippen LogP contribution in [0, 0.1) is 19.8 Å². The molecule has 186 valence electrons. The average molecular weight is 492 g/mol. The maximum absolute atomic E-state index is 13.2. The molecular formula is C25H24N4O7. The van der Waals surface area contributed by atoms with Crippen LogP contribution < -0.4 is 10.2 Å². The van der Waals surface area contributed by atoms with Crippen molar-refractivity contribution < 1.29 is 33.0 Å². The van der Waals surface area contributed by atoms with Crippen molar-refractivity contribution in [2.24, 2.45) is 5.92 Å². The first kappa shape index (κ1) is 23.5. The summed E-state index contributed by atoms with van der Waals surface area (Å²) in [6.07, 6.45) is 0.543. The highest BCUT2D eigenvalue weighted by Crippen LogP contribution is 2.31. The summed E-state index contributed by atoms with van der Waals surface area (Å²) in [5.74, 6) is -0.818. The van der Waals surface area contributed by atoms with E-state index in [1.165, 1.54) is 17.0 Å². The molecule has 2 aromatic heterocycles. The lowest BCUT2D eigenvalue weighted by Gasteiger charge is -2.16. The molecule has 1 fully saturated rings. The fourth-order valence-electron chi connectivity index (χ4n) is 4.53.